The van der Waals surface area contributed by atoms with Crippen molar-refractivity contribution >= 4 is 22.8 Å². The summed E-state index contributed by atoms with van der Waals surface area (Å²) in [5.41, 5.74) is 0.985. The zero-order valence-electron chi connectivity index (χ0n) is 10.1. The maximum Gasteiger partial charge on any atom is 0.326 e. The molecule has 0 aliphatic rings. The number of nitrogens with zero attached hydrogens (tertiary/aromatic N) is 1. The van der Waals surface area contributed by atoms with Crippen LogP contribution in [0.25, 0.3) is 11.0 Å². The van der Waals surface area contributed by atoms with E-state index in [4.69, 9.17) is 9.52 Å². The molecule has 1 atom stereocenters. The molecule has 1 heterocycles. The minimum absolute atomic E-state index is 0.366. The summed E-state index contributed by atoms with van der Waals surface area (Å²) in [4.78, 5) is 24.2. The third kappa shape index (κ3) is 1.95. The summed E-state index contributed by atoms with van der Waals surface area (Å²) in [6.45, 7) is 1.46. The van der Waals surface area contributed by atoms with Crippen molar-refractivity contribution in [3.8, 4) is 0 Å². The van der Waals surface area contributed by atoms with Gasteiger partial charge in [0.1, 0.15) is 17.9 Å². The Hall–Kier alpha value is -2.30. The number of benzene rings is 1. The molecular weight excluding hydrogens is 234 g/mol. The number of hydrogen-bond donors (Lipinski definition) is 1. The second-order valence-corrected chi connectivity index (χ2v) is 4.08. The maximum absolute atomic E-state index is 12.2. The van der Waals surface area contributed by atoms with E-state index in [1.54, 1.807) is 18.2 Å². The third-order valence-corrected chi connectivity index (χ3v) is 2.97. The predicted molar refractivity (Wildman–Crippen MR) is 65.4 cm³/mol. The molecule has 0 aliphatic heterocycles. The molecule has 1 aromatic heterocycles. The van der Waals surface area contributed by atoms with Crippen LogP contribution in [0.2, 0.25) is 0 Å². The van der Waals surface area contributed by atoms with Crippen molar-refractivity contribution < 1.29 is 19.1 Å². The molecule has 1 unspecified atom stereocenters. The van der Waals surface area contributed by atoms with Gasteiger partial charge in [0.15, 0.2) is 0 Å². The number of fused-ring (bicyclic) bond motifs is 1. The van der Waals surface area contributed by atoms with Crippen molar-refractivity contribution in [3.63, 3.8) is 0 Å². The van der Waals surface area contributed by atoms with E-state index in [9.17, 15) is 9.59 Å². The number of carboxylic acid groups (broad SMARTS) is 1. The van der Waals surface area contributed by atoms with Gasteiger partial charge in [-0.05, 0) is 13.0 Å². The van der Waals surface area contributed by atoms with Crippen molar-refractivity contribution in [2.24, 2.45) is 0 Å². The van der Waals surface area contributed by atoms with Gasteiger partial charge < -0.3 is 14.4 Å². The van der Waals surface area contributed by atoms with Crippen LogP contribution >= 0.6 is 0 Å². The Balaban J connectivity index is 2.37. The number of likely N-dealkylation sites (N-methyl/N-ethyl adjacent to an activating group) is 1. The largest absolute Gasteiger partial charge is 0.480 e. The Morgan fingerprint density at radius 1 is 1.33 bits per heavy atom. The van der Waals surface area contributed by atoms with E-state index < -0.39 is 12.0 Å². The van der Waals surface area contributed by atoms with Gasteiger partial charge in [0.2, 0.25) is 0 Å². The van der Waals surface area contributed by atoms with E-state index in [1.807, 2.05) is 6.07 Å². The fourth-order valence-electron chi connectivity index (χ4n) is 1.67. The molecule has 0 fully saturated rings. The van der Waals surface area contributed by atoms with Crippen molar-refractivity contribution in [2.75, 3.05) is 7.05 Å². The van der Waals surface area contributed by atoms with Crippen LogP contribution in [0.15, 0.2) is 34.9 Å². The molecule has 2 rings (SSSR count). The summed E-state index contributed by atoms with van der Waals surface area (Å²) in [5, 5.41) is 9.58. The van der Waals surface area contributed by atoms with Crippen LogP contribution in [0.3, 0.4) is 0 Å². The molecule has 0 saturated heterocycles. The van der Waals surface area contributed by atoms with Crippen LogP contribution in [-0.2, 0) is 4.79 Å². The normalized spacial score (nSPS) is 12.3. The number of carbonyl (C=O) groups excluding carboxylic acids is 1. The van der Waals surface area contributed by atoms with Gasteiger partial charge in [-0.3, -0.25) is 4.79 Å². The smallest absolute Gasteiger partial charge is 0.326 e. The number of hydrogen-bond acceptors (Lipinski definition) is 3. The van der Waals surface area contributed by atoms with E-state index in [-0.39, 0.29) is 5.91 Å². The first-order valence-electron chi connectivity index (χ1n) is 5.48. The van der Waals surface area contributed by atoms with Crippen molar-refractivity contribution in [1.82, 2.24) is 4.90 Å². The fraction of sp³-hybridized carbons (Fsp3) is 0.231. The van der Waals surface area contributed by atoms with Gasteiger partial charge in [-0.1, -0.05) is 18.2 Å². The molecule has 2 aromatic rings. The number of carboxylic acids is 1. The highest BCUT2D eigenvalue weighted by atomic mass is 16.4. The number of rotatable bonds is 3. The van der Waals surface area contributed by atoms with Gasteiger partial charge in [-0.2, -0.15) is 0 Å². The highest BCUT2D eigenvalue weighted by Crippen LogP contribution is 2.22. The maximum atomic E-state index is 12.2. The molecular formula is C13H13NO4. The Morgan fingerprint density at radius 3 is 2.67 bits per heavy atom. The van der Waals surface area contributed by atoms with Crippen LogP contribution < -0.4 is 0 Å². The van der Waals surface area contributed by atoms with E-state index >= 15 is 0 Å². The van der Waals surface area contributed by atoms with Crippen LogP contribution in [0.1, 0.15) is 17.3 Å². The first-order valence-corrected chi connectivity index (χ1v) is 5.48. The molecule has 1 amide bonds. The lowest BCUT2D eigenvalue weighted by Gasteiger charge is -2.20. The molecule has 0 saturated carbocycles. The summed E-state index contributed by atoms with van der Waals surface area (Å²) >= 11 is 0. The average molecular weight is 247 g/mol. The highest BCUT2D eigenvalue weighted by Gasteiger charge is 2.25. The number of carbonyl (C=O) groups is 2. The molecule has 94 valence electrons. The van der Waals surface area contributed by atoms with Crippen LogP contribution in [0.5, 0.6) is 0 Å². The van der Waals surface area contributed by atoms with Crippen LogP contribution in [-0.4, -0.2) is 35.0 Å². The number of furan rings is 1. The summed E-state index contributed by atoms with van der Waals surface area (Å²) in [7, 11) is 1.46. The lowest BCUT2D eigenvalue weighted by molar-refractivity contribution is -0.141. The second kappa shape index (κ2) is 4.52. The zero-order valence-corrected chi connectivity index (χ0v) is 10.1. The van der Waals surface area contributed by atoms with Gasteiger partial charge in [-0.15, -0.1) is 0 Å². The number of para-hydroxylation sites is 1. The Bertz CT molecular complexity index is 602. The zero-order chi connectivity index (χ0) is 13.3. The molecule has 18 heavy (non-hydrogen) atoms. The van der Waals surface area contributed by atoms with Crippen molar-refractivity contribution in [2.45, 2.75) is 13.0 Å². The minimum Gasteiger partial charge on any atom is -0.480 e. The SMILES string of the molecule is CC(C(=O)O)N(C)C(=O)c1coc2ccccc12. The van der Waals surface area contributed by atoms with Gasteiger partial charge in [0.05, 0.1) is 5.56 Å². The Kier molecular flexibility index (Phi) is 3.06. The van der Waals surface area contributed by atoms with Gasteiger partial charge in [-0.25, -0.2) is 4.79 Å². The standard InChI is InChI=1S/C13H13NO4/c1-8(13(16)17)14(2)12(15)10-7-18-11-6-4-3-5-9(10)11/h3-8H,1-2H3,(H,16,17). The molecule has 0 bridgehead atoms. The highest BCUT2D eigenvalue weighted by molar-refractivity contribution is 6.06. The van der Waals surface area contributed by atoms with E-state index in [0.29, 0.717) is 16.5 Å². The monoisotopic (exact) mass is 247 g/mol. The van der Waals surface area contributed by atoms with E-state index in [1.165, 1.54) is 25.1 Å². The van der Waals surface area contributed by atoms with E-state index in [2.05, 4.69) is 0 Å². The molecule has 5 heteroatoms. The van der Waals surface area contributed by atoms with Crippen molar-refractivity contribution in [3.05, 3.63) is 36.1 Å². The number of aliphatic carboxylic acids is 1. The van der Waals surface area contributed by atoms with E-state index in [0.717, 1.165) is 0 Å². The summed E-state index contributed by atoms with van der Waals surface area (Å²) in [5.74, 6) is -1.41. The minimum atomic E-state index is -1.04. The predicted octanol–water partition coefficient (Wildman–Crippen LogP) is 1.98. The van der Waals surface area contributed by atoms with Crippen LogP contribution in [0.4, 0.5) is 0 Å². The first-order chi connectivity index (χ1) is 8.52. The fourth-order valence-corrected chi connectivity index (χ4v) is 1.67. The Labute approximate surface area is 104 Å². The Morgan fingerprint density at radius 2 is 2.00 bits per heavy atom. The first kappa shape index (κ1) is 12.2. The summed E-state index contributed by atoms with van der Waals surface area (Å²) in [6, 6.07) is 6.25. The lowest BCUT2D eigenvalue weighted by Crippen LogP contribution is -2.40. The van der Waals surface area contributed by atoms with Gasteiger partial charge in [0.25, 0.3) is 5.91 Å². The second-order valence-electron chi connectivity index (χ2n) is 4.08. The molecule has 1 N–H and O–H groups in total. The molecule has 5 nitrogen and oxygen atoms in total. The molecule has 0 spiro atoms. The molecule has 0 aliphatic carbocycles. The van der Waals surface area contributed by atoms with Gasteiger partial charge in [0, 0.05) is 12.4 Å². The topological polar surface area (TPSA) is 70.8 Å². The third-order valence-electron chi connectivity index (χ3n) is 2.97. The lowest BCUT2D eigenvalue weighted by atomic mass is 10.1. The quantitative estimate of drug-likeness (QED) is 0.900. The number of amides is 1. The van der Waals surface area contributed by atoms with Crippen LogP contribution in [0, 0.1) is 0 Å². The molecule has 0 radical (unpaired) electrons. The summed E-state index contributed by atoms with van der Waals surface area (Å²) < 4.78 is 5.27. The molecule has 1 aromatic carbocycles. The average Bonchev–Trinajstić information content (AvgIpc) is 2.79. The van der Waals surface area contributed by atoms with Crippen molar-refractivity contribution in [1.29, 1.82) is 0 Å². The van der Waals surface area contributed by atoms with Gasteiger partial charge >= 0.3 is 5.97 Å². The summed E-state index contributed by atoms with van der Waals surface area (Å²) in [6.07, 6.45) is 1.36.